The molecule has 2 amide bonds. The molecule has 0 spiro atoms. The summed E-state index contributed by atoms with van der Waals surface area (Å²) < 4.78 is 0. The highest BCUT2D eigenvalue weighted by molar-refractivity contribution is 5.75. The van der Waals surface area contributed by atoms with Crippen LogP contribution in [0.25, 0.3) is 0 Å². The molecule has 1 unspecified atom stereocenters. The minimum Gasteiger partial charge on any atom is -0.481 e. The van der Waals surface area contributed by atoms with E-state index in [2.05, 4.69) is 24.5 Å². The van der Waals surface area contributed by atoms with E-state index in [1.165, 1.54) is 0 Å². The third kappa shape index (κ3) is 8.84. The molecule has 0 rings (SSSR count). The summed E-state index contributed by atoms with van der Waals surface area (Å²) in [7, 11) is 0. The van der Waals surface area contributed by atoms with Crippen molar-refractivity contribution >= 4 is 12.0 Å². The fraction of sp³-hybridized carbons (Fsp3) is 0.846. The van der Waals surface area contributed by atoms with Gasteiger partial charge in [0.05, 0.1) is 0 Å². The van der Waals surface area contributed by atoms with Crippen LogP contribution in [0.4, 0.5) is 4.79 Å². The number of urea groups is 1. The van der Waals surface area contributed by atoms with Gasteiger partial charge in [0.15, 0.2) is 0 Å². The zero-order valence-corrected chi connectivity index (χ0v) is 12.0. The van der Waals surface area contributed by atoms with Crippen molar-refractivity contribution in [2.24, 2.45) is 5.92 Å². The van der Waals surface area contributed by atoms with Crippen LogP contribution < -0.4 is 10.6 Å². The van der Waals surface area contributed by atoms with E-state index in [1.807, 2.05) is 20.8 Å². The van der Waals surface area contributed by atoms with Gasteiger partial charge in [-0.15, -0.1) is 0 Å². The van der Waals surface area contributed by atoms with E-state index in [-0.39, 0.29) is 18.5 Å². The predicted molar refractivity (Wildman–Crippen MR) is 71.5 cm³/mol. The van der Waals surface area contributed by atoms with E-state index in [1.54, 1.807) is 0 Å². The number of carboxylic acids is 1. The van der Waals surface area contributed by atoms with Gasteiger partial charge in [0, 0.05) is 18.0 Å². The molecule has 3 N–H and O–H groups in total. The predicted octanol–water partition coefficient (Wildman–Crippen LogP) is 2.36. The van der Waals surface area contributed by atoms with Gasteiger partial charge >= 0.3 is 12.0 Å². The number of aliphatic carboxylic acids is 1. The summed E-state index contributed by atoms with van der Waals surface area (Å²) >= 11 is 0. The average molecular weight is 258 g/mol. The Kier molecular flexibility index (Phi) is 6.73. The lowest BCUT2D eigenvalue weighted by Crippen LogP contribution is -2.50. The Morgan fingerprint density at radius 1 is 1.22 bits per heavy atom. The van der Waals surface area contributed by atoms with Crippen LogP contribution in [0.5, 0.6) is 0 Å². The lowest BCUT2D eigenvalue weighted by Gasteiger charge is -2.27. The molecule has 0 aliphatic heterocycles. The quantitative estimate of drug-likeness (QED) is 0.656. The number of carbonyl (C=O) groups is 2. The minimum atomic E-state index is -0.849. The van der Waals surface area contributed by atoms with Crippen molar-refractivity contribution in [1.29, 1.82) is 0 Å². The third-order valence-electron chi connectivity index (χ3n) is 2.62. The third-order valence-corrected chi connectivity index (χ3v) is 2.62. The van der Waals surface area contributed by atoms with Crippen molar-refractivity contribution in [1.82, 2.24) is 10.6 Å². The summed E-state index contributed by atoms with van der Waals surface area (Å²) in [5.74, 6) is -0.321. The van der Waals surface area contributed by atoms with Crippen molar-refractivity contribution in [2.45, 2.75) is 65.5 Å². The van der Waals surface area contributed by atoms with Crippen LogP contribution in [0.1, 0.15) is 53.9 Å². The number of hydrogen-bond acceptors (Lipinski definition) is 2. The molecule has 0 saturated carbocycles. The molecule has 0 radical (unpaired) electrons. The maximum absolute atomic E-state index is 11.7. The topological polar surface area (TPSA) is 78.4 Å². The fourth-order valence-electron chi connectivity index (χ4n) is 1.82. The first-order chi connectivity index (χ1) is 8.12. The second kappa shape index (κ2) is 7.24. The Morgan fingerprint density at radius 3 is 2.22 bits per heavy atom. The summed E-state index contributed by atoms with van der Waals surface area (Å²) in [4.78, 5) is 22.2. The molecule has 0 heterocycles. The normalized spacial score (nSPS) is 13.2. The molecule has 5 nitrogen and oxygen atoms in total. The van der Waals surface area contributed by atoms with Gasteiger partial charge in [-0.3, -0.25) is 4.79 Å². The summed E-state index contributed by atoms with van der Waals surface area (Å²) in [5.41, 5.74) is -0.514. The highest BCUT2D eigenvalue weighted by Crippen LogP contribution is 2.11. The molecule has 18 heavy (non-hydrogen) atoms. The number of amides is 2. The SMILES string of the molecule is CC(C)CC(C)NC(=O)NC(C)(C)CCC(=O)O. The van der Waals surface area contributed by atoms with Gasteiger partial charge in [-0.2, -0.15) is 0 Å². The highest BCUT2D eigenvalue weighted by Gasteiger charge is 2.22. The minimum absolute atomic E-state index is 0.0504. The van der Waals surface area contributed by atoms with E-state index in [0.717, 1.165) is 6.42 Å². The van der Waals surface area contributed by atoms with E-state index in [0.29, 0.717) is 12.3 Å². The molecular weight excluding hydrogens is 232 g/mol. The first-order valence-corrected chi connectivity index (χ1v) is 6.43. The zero-order chi connectivity index (χ0) is 14.3. The standard InChI is InChI=1S/C13H26N2O3/c1-9(2)8-10(3)14-12(18)15-13(4,5)7-6-11(16)17/h9-10H,6-8H2,1-5H3,(H,16,17)(H2,14,15,18). The van der Waals surface area contributed by atoms with Crippen molar-refractivity contribution in [3.8, 4) is 0 Å². The first-order valence-electron chi connectivity index (χ1n) is 6.43. The zero-order valence-electron chi connectivity index (χ0n) is 12.0. The number of carbonyl (C=O) groups excluding carboxylic acids is 1. The largest absolute Gasteiger partial charge is 0.481 e. The molecule has 0 aromatic rings. The van der Waals surface area contributed by atoms with Gasteiger partial charge in [0.2, 0.25) is 0 Å². The van der Waals surface area contributed by atoms with Gasteiger partial charge < -0.3 is 15.7 Å². The summed E-state index contributed by atoms with van der Waals surface area (Å²) in [5, 5.41) is 14.3. The van der Waals surface area contributed by atoms with Crippen LogP contribution in [0, 0.1) is 5.92 Å². The van der Waals surface area contributed by atoms with Crippen LogP contribution in [0.2, 0.25) is 0 Å². The van der Waals surface area contributed by atoms with Crippen LogP contribution in [0.15, 0.2) is 0 Å². The molecule has 0 aliphatic carbocycles. The molecule has 0 aromatic carbocycles. The summed E-state index contributed by atoms with van der Waals surface area (Å²) in [6.07, 6.45) is 1.38. The number of carboxylic acid groups (broad SMARTS) is 1. The van der Waals surface area contributed by atoms with Crippen molar-refractivity contribution in [3.63, 3.8) is 0 Å². The monoisotopic (exact) mass is 258 g/mol. The Labute approximate surface area is 109 Å². The van der Waals surface area contributed by atoms with Crippen LogP contribution >= 0.6 is 0 Å². The van der Waals surface area contributed by atoms with Gasteiger partial charge in [-0.25, -0.2) is 4.79 Å². The van der Waals surface area contributed by atoms with Gasteiger partial charge in [-0.1, -0.05) is 13.8 Å². The first kappa shape index (κ1) is 16.7. The molecule has 106 valence electrons. The van der Waals surface area contributed by atoms with Crippen LogP contribution in [-0.4, -0.2) is 28.7 Å². The Bertz CT molecular complexity index is 288. The highest BCUT2D eigenvalue weighted by atomic mass is 16.4. The molecule has 0 saturated heterocycles. The lowest BCUT2D eigenvalue weighted by atomic mass is 9.98. The van der Waals surface area contributed by atoms with Gasteiger partial charge in [-0.05, 0) is 39.5 Å². The Hall–Kier alpha value is -1.26. The second-order valence-electron chi connectivity index (χ2n) is 5.91. The fourth-order valence-corrected chi connectivity index (χ4v) is 1.82. The molecule has 0 fully saturated rings. The maximum atomic E-state index is 11.7. The maximum Gasteiger partial charge on any atom is 0.315 e. The number of nitrogens with one attached hydrogen (secondary N) is 2. The molecule has 0 aromatic heterocycles. The Balaban J connectivity index is 4.09. The molecule has 0 aliphatic rings. The molecule has 0 bridgehead atoms. The summed E-state index contributed by atoms with van der Waals surface area (Å²) in [6.45, 7) is 9.81. The number of hydrogen-bond donors (Lipinski definition) is 3. The molecular formula is C13H26N2O3. The van der Waals surface area contributed by atoms with E-state index < -0.39 is 11.5 Å². The summed E-state index contributed by atoms with van der Waals surface area (Å²) in [6, 6.07) is -0.126. The van der Waals surface area contributed by atoms with Gasteiger partial charge in [0.1, 0.15) is 0 Å². The van der Waals surface area contributed by atoms with Crippen molar-refractivity contribution < 1.29 is 14.7 Å². The lowest BCUT2D eigenvalue weighted by molar-refractivity contribution is -0.137. The number of rotatable bonds is 7. The van der Waals surface area contributed by atoms with Crippen molar-refractivity contribution in [3.05, 3.63) is 0 Å². The van der Waals surface area contributed by atoms with E-state index in [4.69, 9.17) is 5.11 Å². The van der Waals surface area contributed by atoms with Crippen LogP contribution in [-0.2, 0) is 4.79 Å². The van der Waals surface area contributed by atoms with Crippen molar-refractivity contribution in [2.75, 3.05) is 0 Å². The Morgan fingerprint density at radius 2 is 1.78 bits per heavy atom. The van der Waals surface area contributed by atoms with E-state index in [9.17, 15) is 9.59 Å². The molecule has 5 heteroatoms. The average Bonchev–Trinajstić information content (AvgIpc) is 2.11. The smallest absolute Gasteiger partial charge is 0.315 e. The molecule has 1 atom stereocenters. The van der Waals surface area contributed by atoms with E-state index >= 15 is 0 Å². The second-order valence-corrected chi connectivity index (χ2v) is 5.91. The van der Waals surface area contributed by atoms with Gasteiger partial charge in [0.25, 0.3) is 0 Å². The van der Waals surface area contributed by atoms with Crippen LogP contribution in [0.3, 0.4) is 0 Å².